The Morgan fingerprint density at radius 1 is 1.20 bits per heavy atom. The van der Waals surface area contributed by atoms with Crippen molar-refractivity contribution in [1.82, 2.24) is 10.9 Å². The zero-order chi connectivity index (χ0) is 15.0. The Morgan fingerprint density at radius 2 is 1.95 bits per heavy atom. The number of hydrogen-bond donors (Lipinski definition) is 2. The number of carbonyl (C=O) groups excluding carboxylic acids is 2. The van der Waals surface area contributed by atoms with E-state index in [0.29, 0.717) is 24.5 Å². The minimum Gasteiger partial charge on any atom is -0.493 e. The van der Waals surface area contributed by atoms with Crippen molar-refractivity contribution in [2.24, 2.45) is 0 Å². The summed E-state index contributed by atoms with van der Waals surface area (Å²) in [6.45, 7) is 4.38. The van der Waals surface area contributed by atoms with E-state index in [0.717, 1.165) is 4.47 Å². The van der Waals surface area contributed by atoms with Gasteiger partial charge in [0.25, 0.3) is 11.8 Å². The SMILES string of the molecule is CCOCC(=O)NNC(=O)c1cc(Br)ccc1OCC. The molecule has 0 saturated heterocycles. The van der Waals surface area contributed by atoms with Gasteiger partial charge in [-0.2, -0.15) is 0 Å². The van der Waals surface area contributed by atoms with E-state index in [9.17, 15) is 9.59 Å². The topological polar surface area (TPSA) is 76.7 Å². The maximum Gasteiger partial charge on any atom is 0.273 e. The Labute approximate surface area is 125 Å². The molecule has 0 unspecified atom stereocenters. The minimum absolute atomic E-state index is 0.104. The van der Waals surface area contributed by atoms with Crippen LogP contribution in [0.1, 0.15) is 24.2 Å². The highest BCUT2D eigenvalue weighted by molar-refractivity contribution is 9.10. The van der Waals surface area contributed by atoms with Crippen LogP contribution in [0.2, 0.25) is 0 Å². The number of halogens is 1. The molecule has 0 aliphatic rings. The average Bonchev–Trinajstić information content (AvgIpc) is 2.44. The molecule has 0 aromatic heterocycles. The number of benzene rings is 1. The largest absolute Gasteiger partial charge is 0.493 e. The summed E-state index contributed by atoms with van der Waals surface area (Å²) in [6.07, 6.45) is 0. The van der Waals surface area contributed by atoms with Gasteiger partial charge in [0.2, 0.25) is 0 Å². The van der Waals surface area contributed by atoms with Gasteiger partial charge in [-0.05, 0) is 32.0 Å². The summed E-state index contributed by atoms with van der Waals surface area (Å²) in [7, 11) is 0. The van der Waals surface area contributed by atoms with Crippen molar-refractivity contribution in [3.05, 3.63) is 28.2 Å². The number of amides is 2. The second-order valence-corrected chi connectivity index (χ2v) is 4.63. The molecule has 0 atom stereocenters. The maximum atomic E-state index is 12.0. The zero-order valence-corrected chi connectivity index (χ0v) is 13.0. The number of ether oxygens (including phenoxy) is 2. The zero-order valence-electron chi connectivity index (χ0n) is 11.4. The summed E-state index contributed by atoms with van der Waals surface area (Å²) < 4.78 is 11.0. The fourth-order valence-corrected chi connectivity index (χ4v) is 1.75. The second-order valence-electron chi connectivity index (χ2n) is 3.71. The molecule has 2 N–H and O–H groups in total. The standard InChI is InChI=1S/C13H17BrN2O4/c1-3-19-8-12(17)15-16-13(18)10-7-9(14)5-6-11(10)20-4-2/h5-7H,3-4,8H2,1-2H3,(H,15,17)(H,16,18). The Hall–Kier alpha value is -1.60. The smallest absolute Gasteiger partial charge is 0.273 e. The molecule has 2 amide bonds. The Morgan fingerprint density at radius 3 is 2.60 bits per heavy atom. The molecule has 1 aromatic rings. The summed E-state index contributed by atoms with van der Waals surface area (Å²) in [5.41, 5.74) is 4.92. The quantitative estimate of drug-likeness (QED) is 0.769. The van der Waals surface area contributed by atoms with Crippen molar-refractivity contribution in [3.8, 4) is 5.75 Å². The number of hydrogen-bond acceptors (Lipinski definition) is 4. The highest BCUT2D eigenvalue weighted by atomic mass is 79.9. The van der Waals surface area contributed by atoms with Crippen LogP contribution in [0.4, 0.5) is 0 Å². The Bertz CT molecular complexity index is 479. The molecule has 1 aromatic carbocycles. The van der Waals surface area contributed by atoms with Crippen LogP contribution in [0.5, 0.6) is 5.75 Å². The van der Waals surface area contributed by atoms with E-state index in [2.05, 4.69) is 26.8 Å². The highest BCUT2D eigenvalue weighted by Crippen LogP contribution is 2.23. The van der Waals surface area contributed by atoms with Gasteiger partial charge in [-0.15, -0.1) is 0 Å². The van der Waals surface area contributed by atoms with Crippen molar-refractivity contribution < 1.29 is 19.1 Å². The Balaban J connectivity index is 2.66. The third kappa shape index (κ3) is 5.18. The first-order valence-corrected chi connectivity index (χ1v) is 6.97. The van der Waals surface area contributed by atoms with Crippen molar-refractivity contribution in [2.75, 3.05) is 19.8 Å². The number of nitrogens with one attached hydrogen (secondary N) is 2. The van der Waals surface area contributed by atoms with Gasteiger partial charge in [-0.25, -0.2) is 0 Å². The molecule has 0 heterocycles. The normalized spacial score (nSPS) is 9.95. The van der Waals surface area contributed by atoms with Crippen LogP contribution in [-0.2, 0) is 9.53 Å². The third-order valence-electron chi connectivity index (χ3n) is 2.24. The lowest BCUT2D eigenvalue weighted by atomic mass is 10.2. The molecule has 0 aliphatic heterocycles. The van der Waals surface area contributed by atoms with Gasteiger partial charge in [0.15, 0.2) is 0 Å². The molecule has 6 nitrogen and oxygen atoms in total. The fraction of sp³-hybridized carbons (Fsp3) is 0.385. The van der Waals surface area contributed by atoms with Crippen LogP contribution in [0, 0.1) is 0 Å². The molecule has 110 valence electrons. The summed E-state index contributed by atoms with van der Waals surface area (Å²) in [5.74, 6) is -0.431. The number of hydrazine groups is 1. The third-order valence-corrected chi connectivity index (χ3v) is 2.73. The van der Waals surface area contributed by atoms with Gasteiger partial charge in [-0.1, -0.05) is 15.9 Å². The van der Waals surface area contributed by atoms with E-state index in [1.165, 1.54) is 0 Å². The number of carbonyl (C=O) groups is 2. The van der Waals surface area contributed by atoms with Gasteiger partial charge in [-0.3, -0.25) is 20.4 Å². The van der Waals surface area contributed by atoms with Crippen molar-refractivity contribution in [2.45, 2.75) is 13.8 Å². The molecule has 1 rings (SSSR count). The molecule has 0 fully saturated rings. The average molecular weight is 345 g/mol. The molecular weight excluding hydrogens is 328 g/mol. The van der Waals surface area contributed by atoms with E-state index >= 15 is 0 Å². The molecule has 0 spiro atoms. The van der Waals surface area contributed by atoms with E-state index in [1.807, 2.05) is 6.92 Å². The van der Waals surface area contributed by atoms with Crippen LogP contribution in [-0.4, -0.2) is 31.6 Å². The highest BCUT2D eigenvalue weighted by Gasteiger charge is 2.13. The minimum atomic E-state index is -0.459. The lowest BCUT2D eigenvalue weighted by Gasteiger charge is -2.11. The molecule has 7 heteroatoms. The van der Waals surface area contributed by atoms with Crippen molar-refractivity contribution >= 4 is 27.7 Å². The first kappa shape index (κ1) is 16.5. The molecular formula is C13H17BrN2O4. The molecule has 0 aliphatic carbocycles. The summed E-state index contributed by atoms with van der Waals surface area (Å²) in [5, 5.41) is 0. The van der Waals surface area contributed by atoms with Crippen LogP contribution < -0.4 is 15.6 Å². The van der Waals surface area contributed by atoms with E-state index in [4.69, 9.17) is 9.47 Å². The summed E-state index contributed by atoms with van der Waals surface area (Å²) >= 11 is 3.29. The van der Waals surface area contributed by atoms with Gasteiger partial charge >= 0.3 is 0 Å². The molecule has 0 radical (unpaired) electrons. The van der Waals surface area contributed by atoms with E-state index in [1.54, 1.807) is 25.1 Å². The van der Waals surface area contributed by atoms with Crippen LogP contribution >= 0.6 is 15.9 Å². The predicted molar refractivity (Wildman–Crippen MR) is 77.4 cm³/mol. The summed E-state index contributed by atoms with van der Waals surface area (Å²) in [6, 6.07) is 5.08. The number of rotatable bonds is 6. The van der Waals surface area contributed by atoms with Gasteiger partial charge in [0, 0.05) is 11.1 Å². The van der Waals surface area contributed by atoms with Crippen LogP contribution in [0.15, 0.2) is 22.7 Å². The van der Waals surface area contributed by atoms with E-state index < -0.39 is 11.8 Å². The lowest BCUT2D eigenvalue weighted by molar-refractivity contribution is -0.126. The summed E-state index contributed by atoms with van der Waals surface area (Å²) in [4.78, 5) is 23.3. The first-order valence-electron chi connectivity index (χ1n) is 6.17. The van der Waals surface area contributed by atoms with Crippen molar-refractivity contribution in [1.29, 1.82) is 0 Å². The molecule has 0 saturated carbocycles. The van der Waals surface area contributed by atoms with Gasteiger partial charge < -0.3 is 9.47 Å². The van der Waals surface area contributed by atoms with Gasteiger partial charge in [0.05, 0.1) is 12.2 Å². The maximum absolute atomic E-state index is 12.0. The predicted octanol–water partition coefficient (Wildman–Crippen LogP) is 1.65. The lowest BCUT2D eigenvalue weighted by Crippen LogP contribution is -2.43. The van der Waals surface area contributed by atoms with Gasteiger partial charge in [0.1, 0.15) is 12.4 Å². The Kier molecular flexibility index (Phi) is 7.03. The van der Waals surface area contributed by atoms with Crippen LogP contribution in [0.25, 0.3) is 0 Å². The second kappa shape index (κ2) is 8.55. The van der Waals surface area contributed by atoms with E-state index in [-0.39, 0.29) is 6.61 Å². The fourth-order valence-electron chi connectivity index (χ4n) is 1.39. The first-order chi connectivity index (χ1) is 9.58. The van der Waals surface area contributed by atoms with Crippen molar-refractivity contribution in [3.63, 3.8) is 0 Å². The van der Waals surface area contributed by atoms with Crippen LogP contribution in [0.3, 0.4) is 0 Å². The molecule has 20 heavy (non-hydrogen) atoms. The monoisotopic (exact) mass is 344 g/mol. The molecule has 0 bridgehead atoms.